The lowest BCUT2D eigenvalue weighted by molar-refractivity contribution is 0.0697. The molecule has 0 aliphatic carbocycles. The monoisotopic (exact) mass is 380 g/mol. The normalized spacial score (nSPS) is 11.9. The maximum atomic E-state index is 12.6. The Kier molecular flexibility index (Phi) is 6.04. The lowest BCUT2D eigenvalue weighted by atomic mass is 10.1. The number of hydrogen-bond donors (Lipinski definition) is 3. The zero-order valence-electron chi connectivity index (χ0n) is 15.3. The fraction of sp³-hybridized carbons (Fsp3) is 0.412. The zero-order chi connectivity index (χ0) is 19.5. The summed E-state index contributed by atoms with van der Waals surface area (Å²) in [4.78, 5) is 11.6. The molecule has 1 aromatic heterocycles. The molecule has 3 N–H and O–H groups in total. The molecule has 142 valence electrons. The molecule has 1 heterocycles. The summed E-state index contributed by atoms with van der Waals surface area (Å²) in [6.07, 6.45) is 0. The Bertz CT molecular complexity index is 886. The lowest BCUT2D eigenvalue weighted by Gasteiger charge is -2.19. The van der Waals surface area contributed by atoms with E-state index in [0.29, 0.717) is 18.9 Å². The average Bonchev–Trinajstić information content (AvgIpc) is 3.04. The van der Waals surface area contributed by atoms with E-state index in [4.69, 9.17) is 0 Å². The topological polar surface area (TPSA) is 115 Å². The van der Waals surface area contributed by atoms with Crippen LogP contribution in [0.1, 0.15) is 49.7 Å². The standard InChI is InChI=1S/C17H24N4O4S/c1-5-21(6-2)26(24,25)12-7-8-14(13(9-12)17(22)23)18-16-10-15(11(3)4)19-20-16/h7-11H,5-6H2,1-4H3,(H,22,23)(H2,18,19,20). The van der Waals surface area contributed by atoms with Crippen molar-refractivity contribution in [1.82, 2.24) is 14.5 Å². The van der Waals surface area contributed by atoms with Gasteiger partial charge in [0.25, 0.3) is 0 Å². The van der Waals surface area contributed by atoms with Crippen molar-refractivity contribution < 1.29 is 18.3 Å². The van der Waals surface area contributed by atoms with Crippen LogP contribution in [0.5, 0.6) is 0 Å². The number of sulfonamides is 1. The number of H-pyrrole nitrogens is 1. The van der Waals surface area contributed by atoms with Crippen LogP contribution in [0.2, 0.25) is 0 Å². The molecule has 0 fully saturated rings. The number of carboxylic acids is 1. The molecule has 0 aliphatic heterocycles. The minimum atomic E-state index is -3.73. The van der Waals surface area contributed by atoms with E-state index < -0.39 is 16.0 Å². The molecule has 0 radical (unpaired) electrons. The van der Waals surface area contributed by atoms with Crippen LogP contribution in [0.15, 0.2) is 29.2 Å². The molecular formula is C17H24N4O4S. The lowest BCUT2D eigenvalue weighted by Crippen LogP contribution is -2.30. The summed E-state index contributed by atoms with van der Waals surface area (Å²) >= 11 is 0. The maximum absolute atomic E-state index is 12.6. The first-order chi connectivity index (χ1) is 12.2. The predicted octanol–water partition coefficient (Wildman–Crippen LogP) is 3.01. The number of nitrogens with one attached hydrogen (secondary N) is 2. The maximum Gasteiger partial charge on any atom is 0.337 e. The van der Waals surface area contributed by atoms with Crippen LogP contribution in [-0.4, -0.2) is 47.1 Å². The third-order valence-electron chi connectivity index (χ3n) is 4.05. The van der Waals surface area contributed by atoms with Crippen LogP contribution in [-0.2, 0) is 10.0 Å². The molecule has 2 rings (SSSR count). The number of rotatable bonds is 8. The fourth-order valence-corrected chi connectivity index (χ4v) is 4.00. The molecule has 0 unspecified atom stereocenters. The highest BCUT2D eigenvalue weighted by molar-refractivity contribution is 7.89. The van der Waals surface area contributed by atoms with E-state index in [1.54, 1.807) is 19.9 Å². The van der Waals surface area contributed by atoms with Crippen molar-refractivity contribution >= 4 is 27.5 Å². The highest BCUT2D eigenvalue weighted by Gasteiger charge is 2.24. The minimum absolute atomic E-state index is 0.0472. The van der Waals surface area contributed by atoms with E-state index in [0.717, 1.165) is 5.69 Å². The van der Waals surface area contributed by atoms with E-state index >= 15 is 0 Å². The third-order valence-corrected chi connectivity index (χ3v) is 6.09. The van der Waals surface area contributed by atoms with Crippen molar-refractivity contribution in [2.45, 2.75) is 38.5 Å². The average molecular weight is 380 g/mol. The summed E-state index contributed by atoms with van der Waals surface area (Å²) < 4.78 is 26.5. The molecular weight excluding hydrogens is 356 g/mol. The Morgan fingerprint density at radius 2 is 1.92 bits per heavy atom. The largest absolute Gasteiger partial charge is 0.478 e. The number of anilines is 2. The quantitative estimate of drug-likeness (QED) is 0.648. The van der Waals surface area contributed by atoms with E-state index in [-0.39, 0.29) is 22.1 Å². The SMILES string of the molecule is CCN(CC)S(=O)(=O)c1ccc(Nc2cc(C(C)C)[nH]n2)c(C(=O)O)c1. The first-order valence-corrected chi connectivity index (χ1v) is 9.84. The zero-order valence-corrected chi connectivity index (χ0v) is 16.1. The number of carbonyl (C=O) groups is 1. The van der Waals surface area contributed by atoms with E-state index in [1.165, 1.54) is 22.5 Å². The van der Waals surface area contributed by atoms with Crippen LogP contribution in [0.25, 0.3) is 0 Å². The van der Waals surface area contributed by atoms with Gasteiger partial charge in [0.05, 0.1) is 16.1 Å². The van der Waals surface area contributed by atoms with Gasteiger partial charge < -0.3 is 10.4 Å². The van der Waals surface area contributed by atoms with Gasteiger partial charge in [-0.15, -0.1) is 0 Å². The van der Waals surface area contributed by atoms with Gasteiger partial charge in [-0.3, -0.25) is 5.10 Å². The minimum Gasteiger partial charge on any atom is -0.478 e. The molecule has 0 spiro atoms. The number of aromatic nitrogens is 2. The van der Waals surface area contributed by atoms with Crippen molar-refractivity contribution in [2.24, 2.45) is 0 Å². The van der Waals surface area contributed by atoms with Crippen LogP contribution < -0.4 is 5.32 Å². The Hall–Kier alpha value is -2.39. The number of nitrogens with zero attached hydrogens (tertiary/aromatic N) is 2. The van der Waals surface area contributed by atoms with Gasteiger partial charge in [0.15, 0.2) is 5.82 Å². The first-order valence-electron chi connectivity index (χ1n) is 8.40. The summed E-state index contributed by atoms with van der Waals surface area (Å²) in [5.41, 5.74) is 1.05. The van der Waals surface area contributed by atoms with Crippen molar-refractivity contribution in [3.8, 4) is 0 Å². The molecule has 0 saturated heterocycles. The summed E-state index contributed by atoms with van der Waals surface area (Å²) in [6.45, 7) is 8.11. The van der Waals surface area contributed by atoms with Gasteiger partial charge in [-0.25, -0.2) is 13.2 Å². The molecule has 2 aromatic rings. The summed E-state index contributed by atoms with van der Waals surface area (Å²) in [5, 5.41) is 19.4. The Morgan fingerprint density at radius 1 is 1.27 bits per heavy atom. The molecule has 26 heavy (non-hydrogen) atoms. The molecule has 0 amide bonds. The molecule has 0 saturated carbocycles. The van der Waals surface area contributed by atoms with Gasteiger partial charge in [-0.05, 0) is 24.1 Å². The second kappa shape index (κ2) is 7.88. The van der Waals surface area contributed by atoms with Crippen molar-refractivity contribution in [3.63, 3.8) is 0 Å². The summed E-state index contributed by atoms with van der Waals surface area (Å²) in [5.74, 6) is -0.502. The molecule has 9 heteroatoms. The van der Waals surface area contributed by atoms with Gasteiger partial charge in [-0.2, -0.15) is 9.40 Å². The number of benzene rings is 1. The van der Waals surface area contributed by atoms with Gasteiger partial charge in [0.2, 0.25) is 10.0 Å². The highest BCUT2D eigenvalue weighted by atomic mass is 32.2. The smallest absolute Gasteiger partial charge is 0.337 e. The van der Waals surface area contributed by atoms with Crippen molar-refractivity contribution in [3.05, 3.63) is 35.5 Å². The van der Waals surface area contributed by atoms with E-state index in [2.05, 4.69) is 15.5 Å². The second-order valence-corrected chi connectivity index (χ2v) is 8.03. The molecule has 1 aromatic carbocycles. The number of aromatic amines is 1. The summed E-state index contributed by atoms with van der Waals surface area (Å²) in [6, 6.07) is 5.81. The van der Waals surface area contributed by atoms with Gasteiger partial charge in [0.1, 0.15) is 0 Å². The van der Waals surface area contributed by atoms with Gasteiger partial charge in [0, 0.05) is 24.8 Å². The molecule has 0 atom stereocenters. The third kappa shape index (κ3) is 4.05. The number of hydrogen-bond acceptors (Lipinski definition) is 5. The second-order valence-electron chi connectivity index (χ2n) is 6.09. The number of aromatic carboxylic acids is 1. The van der Waals surface area contributed by atoms with E-state index in [1.807, 2.05) is 13.8 Å². The Labute approximate surface area is 153 Å². The predicted molar refractivity (Wildman–Crippen MR) is 99.5 cm³/mol. The molecule has 0 bridgehead atoms. The Morgan fingerprint density at radius 3 is 2.42 bits per heavy atom. The van der Waals surface area contributed by atoms with Crippen LogP contribution in [0.4, 0.5) is 11.5 Å². The highest BCUT2D eigenvalue weighted by Crippen LogP contribution is 2.26. The Balaban J connectivity index is 2.41. The van der Waals surface area contributed by atoms with Crippen LogP contribution >= 0.6 is 0 Å². The fourth-order valence-electron chi connectivity index (χ4n) is 2.52. The van der Waals surface area contributed by atoms with Crippen molar-refractivity contribution in [2.75, 3.05) is 18.4 Å². The molecule has 8 nitrogen and oxygen atoms in total. The first kappa shape index (κ1) is 19.9. The summed E-state index contributed by atoms with van der Waals surface area (Å²) in [7, 11) is -3.73. The van der Waals surface area contributed by atoms with E-state index in [9.17, 15) is 18.3 Å². The number of carboxylic acid groups (broad SMARTS) is 1. The van der Waals surface area contributed by atoms with Crippen molar-refractivity contribution in [1.29, 1.82) is 0 Å². The van der Waals surface area contributed by atoms with Crippen LogP contribution in [0, 0.1) is 0 Å². The van der Waals surface area contributed by atoms with Crippen LogP contribution in [0.3, 0.4) is 0 Å². The molecule has 0 aliphatic rings. The van der Waals surface area contributed by atoms with Gasteiger partial charge in [-0.1, -0.05) is 27.7 Å². The van der Waals surface area contributed by atoms with Gasteiger partial charge >= 0.3 is 5.97 Å².